The number of primary amides is 1. The lowest BCUT2D eigenvalue weighted by Gasteiger charge is -2.35. The Kier molecular flexibility index (Phi) is 4.69. The molecule has 2 heterocycles. The second kappa shape index (κ2) is 6.19. The van der Waals surface area contributed by atoms with Gasteiger partial charge in [0.1, 0.15) is 17.6 Å². The van der Waals surface area contributed by atoms with Crippen LogP contribution in [0.5, 0.6) is 0 Å². The van der Waals surface area contributed by atoms with Crippen LogP contribution < -0.4 is 11.5 Å². The van der Waals surface area contributed by atoms with Crippen molar-refractivity contribution in [1.82, 2.24) is 9.80 Å². The van der Waals surface area contributed by atoms with Gasteiger partial charge in [0.25, 0.3) is 0 Å². The van der Waals surface area contributed by atoms with E-state index in [0.29, 0.717) is 25.8 Å². The molecule has 6 N–H and O–H groups in total. The summed E-state index contributed by atoms with van der Waals surface area (Å²) >= 11 is 0. The van der Waals surface area contributed by atoms with E-state index in [2.05, 4.69) is 0 Å². The smallest absolute Gasteiger partial charge is 0.249 e. The summed E-state index contributed by atoms with van der Waals surface area (Å²) in [6, 6.07) is -2.16. The minimum absolute atomic E-state index is 0.241. The molecule has 3 amide bonds. The molecular weight excluding hydrogens is 292 g/mol. The van der Waals surface area contributed by atoms with Gasteiger partial charge in [-0.2, -0.15) is 0 Å². The van der Waals surface area contributed by atoms with Gasteiger partial charge in [0.2, 0.25) is 17.7 Å². The van der Waals surface area contributed by atoms with Crippen LogP contribution >= 0.6 is 0 Å². The lowest BCUT2D eigenvalue weighted by molar-refractivity contribution is -0.150. The van der Waals surface area contributed by atoms with Crippen molar-refractivity contribution in [2.75, 3.05) is 26.3 Å². The Labute approximate surface area is 127 Å². The number of nitrogens with two attached hydrogens (primary N) is 2. The lowest BCUT2D eigenvalue weighted by atomic mass is 9.93. The number of nitrogens with zero attached hydrogens (tertiary/aromatic N) is 2. The fraction of sp³-hybridized carbons (Fsp3) is 0.769. The molecule has 2 saturated heterocycles. The molecule has 2 aliphatic heterocycles. The van der Waals surface area contributed by atoms with E-state index in [0.717, 1.165) is 0 Å². The number of hydrogen-bond donors (Lipinski definition) is 4. The normalized spacial score (nSPS) is 27.5. The first-order valence-electron chi connectivity index (χ1n) is 7.28. The molecule has 1 unspecified atom stereocenters. The van der Waals surface area contributed by atoms with Gasteiger partial charge in [0.05, 0.1) is 13.2 Å². The molecule has 22 heavy (non-hydrogen) atoms. The van der Waals surface area contributed by atoms with Crippen molar-refractivity contribution in [3.05, 3.63) is 0 Å². The summed E-state index contributed by atoms with van der Waals surface area (Å²) in [5, 5.41) is 18.3. The Morgan fingerprint density at radius 1 is 1.23 bits per heavy atom. The predicted octanol–water partition coefficient (Wildman–Crippen LogP) is -3.25. The largest absolute Gasteiger partial charge is 0.394 e. The Morgan fingerprint density at radius 2 is 1.91 bits per heavy atom. The molecule has 2 aliphatic rings. The fourth-order valence-electron chi connectivity index (χ4n) is 3.38. The minimum atomic E-state index is -1.09. The van der Waals surface area contributed by atoms with Crippen molar-refractivity contribution in [2.24, 2.45) is 11.5 Å². The quantitative estimate of drug-likeness (QED) is 0.418. The molecule has 0 aliphatic carbocycles. The average molecular weight is 314 g/mol. The minimum Gasteiger partial charge on any atom is -0.394 e. The Bertz CT molecular complexity index is 485. The highest BCUT2D eigenvalue weighted by molar-refractivity contribution is 5.97. The van der Waals surface area contributed by atoms with Crippen molar-refractivity contribution in [1.29, 1.82) is 0 Å². The van der Waals surface area contributed by atoms with Crippen LogP contribution in [0.1, 0.15) is 19.3 Å². The van der Waals surface area contributed by atoms with E-state index in [1.165, 1.54) is 9.80 Å². The molecule has 0 aromatic rings. The Morgan fingerprint density at radius 3 is 2.45 bits per heavy atom. The SMILES string of the molecule is NC(=O)[C@H](CO)N1CCC2(CCCN2C(=O)[C@@H](N)CO)C1=O. The van der Waals surface area contributed by atoms with Crippen LogP contribution in [0, 0.1) is 0 Å². The summed E-state index contributed by atoms with van der Waals surface area (Å²) in [5.41, 5.74) is 9.76. The van der Waals surface area contributed by atoms with E-state index in [1.807, 2.05) is 0 Å². The third-order valence-corrected chi connectivity index (χ3v) is 4.57. The van der Waals surface area contributed by atoms with Crippen molar-refractivity contribution in [3.8, 4) is 0 Å². The highest BCUT2D eigenvalue weighted by Crippen LogP contribution is 2.39. The summed E-state index contributed by atoms with van der Waals surface area (Å²) in [4.78, 5) is 39.1. The zero-order valence-electron chi connectivity index (χ0n) is 12.3. The van der Waals surface area contributed by atoms with Crippen LogP contribution in [0.3, 0.4) is 0 Å². The Hall–Kier alpha value is -1.71. The van der Waals surface area contributed by atoms with Gasteiger partial charge in [-0.25, -0.2) is 0 Å². The summed E-state index contributed by atoms with van der Waals surface area (Å²) in [6.07, 6.45) is 1.48. The molecule has 0 aromatic carbocycles. The summed E-state index contributed by atoms with van der Waals surface area (Å²) in [5.74, 6) is -1.65. The average Bonchev–Trinajstić information content (AvgIpc) is 3.06. The van der Waals surface area contributed by atoms with E-state index < -0.39 is 42.7 Å². The van der Waals surface area contributed by atoms with Crippen molar-refractivity contribution >= 4 is 17.7 Å². The number of aliphatic hydroxyl groups excluding tert-OH is 2. The van der Waals surface area contributed by atoms with Crippen LogP contribution in [-0.4, -0.2) is 81.7 Å². The maximum absolute atomic E-state index is 12.8. The molecule has 0 radical (unpaired) electrons. The number of rotatable bonds is 5. The topological polar surface area (TPSA) is 150 Å². The number of likely N-dealkylation sites (tertiary alicyclic amines) is 2. The van der Waals surface area contributed by atoms with E-state index in [1.54, 1.807) is 0 Å². The molecule has 124 valence electrons. The third kappa shape index (κ3) is 2.44. The zero-order chi connectivity index (χ0) is 16.5. The molecule has 2 rings (SSSR count). The fourth-order valence-corrected chi connectivity index (χ4v) is 3.38. The van der Waals surface area contributed by atoms with Crippen LogP contribution in [0.25, 0.3) is 0 Å². The molecule has 9 heteroatoms. The van der Waals surface area contributed by atoms with Crippen LogP contribution in [0.2, 0.25) is 0 Å². The molecule has 9 nitrogen and oxygen atoms in total. The van der Waals surface area contributed by atoms with Crippen LogP contribution in [0.15, 0.2) is 0 Å². The van der Waals surface area contributed by atoms with E-state index in [9.17, 15) is 19.5 Å². The molecule has 0 aromatic heterocycles. The van der Waals surface area contributed by atoms with Gasteiger partial charge in [-0.1, -0.05) is 0 Å². The first kappa shape index (κ1) is 16.7. The second-order valence-electron chi connectivity index (χ2n) is 5.76. The van der Waals surface area contributed by atoms with Crippen molar-refractivity contribution < 1.29 is 24.6 Å². The van der Waals surface area contributed by atoms with Gasteiger partial charge in [0.15, 0.2) is 0 Å². The molecule has 1 spiro atoms. The number of amides is 3. The highest BCUT2D eigenvalue weighted by atomic mass is 16.3. The van der Waals surface area contributed by atoms with E-state index in [-0.39, 0.29) is 12.5 Å². The maximum atomic E-state index is 12.8. The Balaban J connectivity index is 2.25. The summed E-state index contributed by atoms with van der Waals surface area (Å²) in [6.45, 7) is -0.428. The number of carbonyl (C=O) groups is 3. The summed E-state index contributed by atoms with van der Waals surface area (Å²) < 4.78 is 0. The van der Waals surface area contributed by atoms with Gasteiger partial charge < -0.3 is 31.5 Å². The zero-order valence-corrected chi connectivity index (χ0v) is 12.3. The number of hydrogen-bond acceptors (Lipinski definition) is 6. The standard InChI is InChI=1S/C13H22N4O5/c14-8(6-18)11(21)17-4-1-2-13(17)3-5-16(12(13)22)9(7-19)10(15)20/h8-9,18-19H,1-7,14H2,(H2,15,20)/t8-,9-,13?/m0/s1. The van der Waals surface area contributed by atoms with Crippen molar-refractivity contribution in [3.63, 3.8) is 0 Å². The van der Waals surface area contributed by atoms with Crippen molar-refractivity contribution in [2.45, 2.75) is 36.9 Å². The second-order valence-corrected chi connectivity index (χ2v) is 5.76. The molecule has 0 bridgehead atoms. The molecule has 2 fully saturated rings. The van der Waals surface area contributed by atoms with Gasteiger partial charge in [-0.05, 0) is 19.3 Å². The molecule has 3 atom stereocenters. The lowest BCUT2D eigenvalue weighted by Crippen LogP contribution is -2.59. The number of aliphatic hydroxyl groups is 2. The summed E-state index contributed by atoms with van der Waals surface area (Å²) in [7, 11) is 0. The first-order valence-corrected chi connectivity index (χ1v) is 7.28. The monoisotopic (exact) mass is 314 g/mol. The number of carbonyl (C=O) groups excluding carboxylic acids is 3. The van der Waals surface area contributed by atoms with Crippen LogP contribution in [-0.2, 0) is 14.4 Å². The first-order chi connectivity index (χ1) is 10.4. The molecule has 0 saturated carbocycles. The molecular formula is C13H22N4O5. The van der Waals surface area contributed by atoms with Gasteiger partial charge in [-0.3, -0.25) is 14.4 Å². The maximum Gasteiger partial charge on any atom is 0.249 e. The third-order valence-electron chi connectivity index (χ3n) is 4.57. The van der Waals surface area contributed by atoms with Gasteiger partial charge >= 0.3 is 0 Å². The predicted molar refractivity (Wildman–Crippen MR) is 75.1 cm³/mol. The van der Waals surface area contributed by atoms with Gasteiger partial charge in [-0.15, -0.1) is 0 Å². The van der Waals surface area contributed by atoms with E-state index >= 15 is 0 Å². The van der Waals surface area contributed by atoms with Gasteiger partial charge in [0, 0.05) is 13.1 Å². The van der Waals surface area contributed by atoms with E-state index in [4.69, 9.17) is 16.6 Å². The van der Waals surface area contributed by atoms with Crippen LogP contribution in [0.4, 0.5) is 0 Å². The highest BCUT2D eigenvalue weighted by Gasteiger charge is 2.56.